The largest absolute Gasteiger partial charge is 0.582 e. The second-order valence-electron chi connectivity index (χ2n) is 8.12. The van der Waals surface area contributed by atoms with Crippen molar-refractivity contribution in [1.29, 1.82) is 0 Å². The van der Waals surface area contributed by atoms with Crippen molar-refractivity contribution < 1.29 is 43.5 Å². The molecule has 0 aliphatic carbocycles. The summed E-state index contributed by atoms with van der Waals surface area (Å²) in [6, 6.07) is -1.92. The van der Waals surface area contributed by atoms with Gasteiger partial charge in [-0.2, -0.15) is 43.2 Å². The Kier molecular flexibility index (Phi) is 14.3. The normalized spacial score (nSPS) is 18.5. The number of nitrogens with zero attached hydrogens (tertiary/aromatic N) is 3. The predicted molar refractivity (Wildman–Crippen MR) is 137 cm³/mol. The fourth-order valence-corrected chi connectivity index (χ4v) is 3.36. The van der Waals surface area contributed by atoms with Gasteiger partial charge in [0.1, 0.15) is 32.9 Å². The Morgan fingerprint density at radius 2 is 1.03 bits per heavy atom. The minimum Gasteiger partial charge on any atom is -0.582 e. The molecule has 13 nitrogen and oxygen atoms in total. The van der Waals surface area contributed by atoms with Gasteiger partial charge in [-0.1, -0.05) is 20.8 Å². The minimum atomic E-state index is -0.959. The average Bonchev–Trinajstić information content (AvgIpc) is 2.73. The highest BCUT2D eigenvalue weighted by Gasteiger charge is 2.43. The van der Waals surface area contributed by atoms with Crippen LogP contribution in [0.25, 0.3) is 0 Å². The molecule has 0 aromatic carbocycles. The molecule has 1 saturated heterocycles. The maximum atomic E-state index is 12.9. The number of carbonyl (C=O) groups is 5. The molecule has 0 radical (unpaired) electrons. The summed E-state index contributed by atoms with van der Waals surface area (Å²) in [5.74, 6) is -1.68. The zero-order valence-corrected chi connectivity index (χ0v) is 23.1. The zero-order valence-electron chi connectivity index (χ0n) is 20.5. The maximum Gasteiger partial charge on any atom is 0.375 e. The first-order valence-corrected chi connectivity index (χ1v) is 12.8. The molecule has 0 bridgehead atoms. The van der Waals surface area contributed by atoms with Crippen molar-refractivity contribution >= 4 is 67.9 Å². The minimum absolute atomic E-state index is 0.0360. The number of hydrogen-bond donors (Lipinski definition) is 4. The highest BCUT2D eigenvalue weighted by molar-refractivity contribution is 7.81. The molecule has 1 aliphatic heterocycles. The van der Waals surface area contributed by atoms with Gasteiger partial charge in [-0.25, -0.2) is 14.5 Å². The van der Waals surface area contributed by atoms with Crippen LogP contribution in [0.2, 0.25) is 0 Å². The molecule has 3 atom stereocenters. The second-order valence-corrected chi connectivity index (χ2v) is 10.8. The maximum absolute atomic E-state index is 12.9. The van der Waals surface area contributed by atoms with Crippen LogP contribution in [0.4, 0.5) is 9.59 Å². The van der Waals surface area contributed by atoms with Crippen molar-refractivity contribution in [2.24, 2.45) is 0 Å². The number of imide groups is 1. The van der Waals surface area contributed by atoms with E-state index in [4.69, 9.17) is 14.2 Å². The lowest BCUT2D eigenvalue weighted by atomic mass is 10.3. The van der Waals surface area contributed by atoms with E-state index in [9.17, 15) is 29.2 Å². The van der Waals surface area contributed by atoms with Crippen LogP contribution in [0.15, 0.2) is 0 Å². The first-order chi connectivity index (χ1) is 16.8. The molecule has 0 aromatic heterocycles. The Bertz CT molecular complexity index is 738. The van der Waals surface area contributed by atoms with Gasteiger partial charge in [0.15, 0.2) is 0 Å². The summed E-state index contributed by atoms with van der Waals surface area (Å²) in [5.41, 5.74) is 0. The van der Waals surface area contributed by atoms with Crippen molar-refractivity contribution in [3.63, 3.8) is 0 Å². The molecule has 3 unspecified atom stereocenters. The van der Waals surface area contributed by atoms with Gasteiger partial charge in [0, 0.05) is 15.7 Å². The summed E-state index contributed by atoms with van der Waals surface area (Å²) in [6.45, 7) is 3.27. The van der Waals surface area contributed by atoms with E-state index in [0.717, 1.165) is 14.9 Å². The standard InChI is InChI=1S/C20H34N4O9S3/c1-13(34)10-16(25)31-7-4-21-19(28)22(5-8-32-17(26)11-14(2)35)24(30)23(20(21)29)6-9-33-18(27)12-15(3)36/h13-15,24,34-36H,4-12H2,1-3H3. The monoisotopic (exact) mass is 570 g/mol. The molecule has 1 aliphatic rings. The summed E-state index contributed by atoms with van der Waals surface area (Å²) < 4.78 is 15.1. The molecule has 1 rings (SSSR count). The molecule has 1 heterocycles. The molecule has 0 saturated carbocycles. The Morgan fingerprint density at radius 3 is 1.33 bits per heavy atom. The summed E-state index contributed by atoms with van der Waals surface area (Å²) in [6.07, 6.45) is 0.108. The number of carbonyl (C=O) groups excluding carboxylic acids is 5. The fourth-order valence-electron chi connectivity index (χ4n) is 2.91. The van der Waals surface area contributed by atoms with Crippen LogP contribution in [0.1, 0.15) is 40.0 Å². The lowest BCUT2D eigenvalue weighted by molar-refractivity contribution is -1.06. The van der Waals surface area contributed by atoms with Gasteiger partial charge < -0.3 is 19.4 Å². The van der Waals surface area contributed by atoms with Crippen LogP contribution in [0.3, 0.4) is 0 Å². The number of ether oxygens (including phenoxy) is 3. The molecule has 1 fully saturated rings. The van der Waals surface area contributed by atoms with Gasteiger partial charge in [-0.15, -0.1) is 10.0 Å². The summed E-state index contributed by atoms with van der Waals surface area (Å²) in [5, 5.41) is 12.7. The smallest absolute Gasteiger partial charge is 0.375 e. The van der Waals surface area contributed by atoms with Gasteiger partial charge in [0.2, 0.25) is 0 Å². The average molecular weight is 571 g/mol. The van der Waals surface area contributed by atoms with Crippen molar-refractivity contribution in [2.75, 3.05) is 39.5 Å². The Hall–Kier alpha value is -1.88. The lowest BCUT2D eigenvalue weighted by Gasteiger charge is -2.45. The van der Waals surface area contributed by atoms with E-state index >= 15 is 0 Å². The van der Waals surface area contributed by atoms with E-state index in [2.05, 4.69) is 37.9 Å². The van der Waals surface area contributed by atoms with Gasteiger partial charge >= 0.3 is 30.0 Å². The van der Waals surface area contributed by atoms with Gasteiger partial charge in [-0.05, 0) is 0 Å². The highest BCUT2D eigenvalue weighted by Crippen LogP contribution is 2.08. The number of thiol groups is 3. The summed E-state index contributed by atoms with van der Waals surface area (Å²) in [7, 11) is 0. The topological polar surface area (TPSA) is 150 Å². The van der Waals surface area contributed by atoms with Crippen molar-refractivity contribution in [3.05, 3.63) is 5.21 Å². The Labute approximate surface area is 226 Å². The summed E-state index contributed by atoms with van der Waals surface area (Å²) >= 11 is 12.3. The first kappa shape index (κ1) is 32.1. The number of rotatable bonds is 15. The van der Waals surface area contributed by atoms with Gasteiger partial charge in [0.05, 0.1) is 25.8 Å². The molecular weight excluding hydrogens is 536 g/mol. The van der Waals surface area contributed by atoms with E-state index in [0.29, 0.717) is 0 Å². The van der Waals surface area contributed by atoms with Crippen LogP contribution in [-0.2, 0) is 28.6 Å². The molecule has 4 amide bonds. The van der Waals surface area contributed by atoms with E-state index in [-0.39, 0.29) is 74.5 Å². The number of hydrogen-bond acceptors (Lipinski definition) is 12. The van der Waals surface area contributed by atoms with Crippen LogP contribution in [-0.4, -0.2) is 100 Å². The molecule has 0 spiro atoms. The number of amides is 4. The van der Waals surface area contributed by atoms with Crippen molar-refractivity contribution in [2.45, 2.75) is 55.8 Å². The molecule has 16 heteroatoms. The summed E-state index contributed by atoms with van der Waals surface area (Å²) in [4.78, 5) is 61.8. The SMILES string of the molecule is CC(S)CC(=O)OCCN1C(=O)N(CCOC(=O)CC(C)S)[NH+]([O-])N(CCOC(=O)CC(C)S)C1=O. The Morgan fingerprint density at radius 1 is 0.722 bits per heavy atom. The second kappa shape index (κ2) is 16.1. The zero-order chi connectivity index (χ0) is 27.4. The van der Waals surface area contributed by atoms with Crippen molar-refractivity contribution in [3.8, 4) is 0 Å². The van der Waals surface area contributed by atoms with Crippen molar-refractivity contribution in [1.82, 2.24) is 14.9 Å². The molecule has 1 N–H and O–H groups in total. The third kappa shape index (κ3) is 11.5. The van der Waals surface area contributed by atoms with Gasteiger partial charge in [-0.3, -0.25) is 14.4 Å². The predicted octanol–water partition coefficient (Wildman–Crippen LogP) is 0.114. The lowest BCUT2D eigenvalue weighted by Crippen LogP contribution is -3.23. The Balaban J connectivity index is 2.86. The van der Waals surface area contributed by atoms with Gasteiger partial charge in [0.25, 0.3) is 0 Å². The number of esters is 3. The van der Waals surface area contributed by atoms with Crippen LogP contribution in [0.5, 0.6) is 0 Å². The van der Waals surface area contributed by atoms with Crippen LogP contribution < -0.4 is 5.28 Å². The third-order valence-corrected chi connectivity index (χ3v) is 5.05. The quantitative estimate of drug-likeness (QED) is 0.0931. The molecule has 0 aromatic rings. The van der Waals surface area contributed by atoms with E-state index < -0.39 is 35.3 Å². The molecule has 206 valence electrons. The molecular formula is C20H34N4O9S3. The highest BCUT2D eigenvalue weighted by atomic mass is 32.1. The van der Waals surface area contributed by atoms with E-state index in [1.807, 2.05) is 0 Å². The molecule has 36 heavy (non-hydrogen) atoms. The van der Waals surface area contributed by atoms with Crippen LogP contribution >= 0.6 is 37.9 Å². The van der Waals surface area contributed by atoms with Crippen LogP contribution in [0, 0.1) is 5.21 Å². The third-order valence-electron chi connectivity index (χ3n) is 4.51. The fraction of sp³-hybridized carbons (Fsp3) is 0.750. The first-order valence-electron chi connectivity index (χ1n) is 11.3. The number of urea groups is 2. The number of nitrogens with one attached hydrogen (secondary N) is 1. The number of quaternary nitrogens is 1. The van der Waals surface area contributed by atoms with E-state index in [1.165, 1.54) is 0 Å². The van der Waals surface area contributed by atoms with E-state index in [1.54, 1.807) is 20.8 Å².